The van der Waals surface area contributed by atoms with E-state index in [4.69, 9.17) is 11.6 Å². The van der Waals surface area contributed by atoms with Crippen LogP contribution in [0.5, 0.6) is 0 Å². The van der Waals surface area contributed by atoms with Crippen molar-refractivity contribution in [3.05, 3.63) is 27.5 Å². The Labute approximate surface area is 79.9 Å². The lowest BCUT2D eigenvalue weighted by Gasteiger charge is -2.06. The van der Waals surface area contributed by atoms with Crippen LogP contribution in [0.3, 0.4) is 0 Å². The SMILES string of the molecule is CC(C)c1cc(Br)cnc1Cl. The highest BCUT2D eigenvalue weighted by atomic mass is 79.9. The molecule has 0 atom stereocenters. The molecule has 0 saturated carbocycles. The third-order valence-corrected chi connectivity index (χ3v) is 2.20. The molecule has 3 heteroatoms. The highest BCUT2D eigenvalue weighted by Crippen LogP contribution is 2.24. The van der Waals surface area contributed by atoms with Crippen molar-refractivity contribution in [1.29, 1.82) is 0 Å². The largest absolute Gasteiger partial charge is 0.243 e. The van der Waals surface area contributed by atoms with Crippen LogP contribution in [-0.2, 0) is 0 Å². The van der Waals surface area contributed by atoms with E-state index in [1.807, 2.05) is 6.07 Å². The van der Waals surface area contributed by atoms with Crippen LogP contribution in [0.1, 0.15) is 25.3 Å². The lowest BCUT2D eigenvalue weighted by Crippen LogP contribution is -1.90. The van der Waals surface area contributed by atoms with Crippen molar-refractivity contribution in [3.8, 4) is 0 Å². The summed E-state index contributed by atoms with van der Waals surface area (Å²) >= 11 is 9.20. The molecular weight excluding hydrogens is 225 g/mol. The maximum Gasteiger partial charge on any atom is 0.132 e. The van der Waals surface area contributed by atoms with Crippen LogP contribution in [0.15, 0.2) is 16.7 Å². The second-order valence-corrected chi connectivity index (χ2v) is 3.96. The summed E-state index contributed by atoms with van der Waals surface area (Å²) in [6, 6.07) is 2.00. The van der Waals surface area contributed by atoms with Crippen molar-refractivity contribution >= 4 is 27.5 Å². The van der Waals surface area contributed by atoms with Crippen molar-refractivity contribution in [3.63, 3.8) is 0 Å². The Morgan fingerprint density at radius 3 is 2.64 bits per heavy atom. The molecule has 60 valence electrons. The van der Waals surface area contributed by atoms with Gasteiger partial charge in [-0.2, -0.15) is 0 Å². The molecule has 1 nitrogen and oxygen atoms in total. The van der Waals surface area contributed by atoms with Crippen LogP contribution >= 0.6 is 27.5 Å². The summed E-state index contributed by atoms with van der Waals surface area (Å²) in [4.78, 5) is 4.02. The van der Waals surface area contributed by atoms with Crippen molar-refractivity contribution in [2.24, 2.45) is 0 Å². The van der Waals surface area contributed by atoms with Gasteiger partial charge in [-0.1, -0.05) is 25.4 Å². The third-order valence-electron chi connectivity index (χ3n) is 1.45. The maximum atomic E-state index is 5.86. The maximum absolute atomic E-state index is 5.86. The van der Waals surface area contributed by atoms with Gasteiger partial charge in [-0.05, 0) is 33.5 Å². The third kappa shape index (κ3) is 2.17. The standard InChI is InChI=1S/C8H9BrClN/c1-5(2)7-3-6(9)4-11-8(7)10/h3-5H,1-2H3. The molecule has 1 aromatic heterocycles. The van der Waals surface area contributed by atoms with Crippen molar-refractivity contribution in [2.75, 3.05) is 0 Å². The van der Waals surface area contributed by atoms with Gasteiger partial charge >= 0.3 is 0 Å². The van der Waals surface area contributed by atoms with Gasteiger partial charge in [0, 0.05) is 10.7 Å². The Bertz CT molecular complexity index is 260. The Kier molecular flexibility index (Phi) is 2.90. The van der Waals surface area contributed by atoms with Gasteiger partial charge in [0.25, 0.3) is 0 Å². The minimum absolute atomic E-state index is 0.424. The predicted octanol–water partition coefficient (Wildman–Crippen LogP) is 3.62. The lowest BCUT2D eigenvalue weighted by molar-refractivity contribution is 0.857. The van der Waals surface area contributed by atoms with Gasteiger partial charge in [0.2, 0.25) is 0 Å². The van der Waals surface area contributed by atoms with E-state index in [0.29, 0.717) is 11.1 Å². The molecule has 0 spiro atoms. The molecule has 1 heterocycles. The predicted molar refractivity (Wildman–Crippen MR) is 51.0 cm³/mol. The van der Waals surface area contributed by atoms with Gasteiger partial charge in [-0.3, -0.25) is 0 Å². The minimum Gasteiger partial charge on any atom is -0.243 e. The van der Waals surface area contributed by atoms with Gasteiger partial charge < -0.3 is 0 Å². The second-order valence-electron chi connectivity index (χ2n) is 2.69. The number of hydrogen-bond acceptors (Lipinski definition) is 1. The summed E-state index contributed by atoms with van der Waals surface area (Å²) in [6.45, 7) is 4.19. The summed E-state index contributed by atoms with van der Waals surface area (Å²) in [5, 5.41) is 0.600. The lowest BCUT2D eigenvalue weighted by atomic mass is 10.1. The molecule has 0 aliphatic carbocycles. The van der Waals surface area contributed by atoms with E-state index >= 15 is 0 Å². The number of pyridine rings is 1. The fourth-order valence-corrected chi connectivity index (χ4v) is 1.51. The zero-order valence-electron chi connectivity index (χ0n) is 6.44. The van der Waals surface area contributed by atoms with Crippen LogP contribution in [0.4, 0.5) is 0 Å². The molecule has 0 unspecified atom stereocenters. The quantitative estimate of drug-likeness (QED) is 0.676. The van der Waals surface area contributed by atoms with Gasteiger partial charge in [-0.15, -0.1) is 0 Å². The fraction of sp³-hybridized carbons (Fsp3) is 0.375. The van der Waals surface area contributed by atoms with E-state index in [0.717, 1.165) is 10.0 Å². The molecule has 0 radical (unpaired) electrons. The van der Waals surface area contributed by atoms with Crippen molar-refractivity contribution in [2.45, 2.75) is 19.8 Å². The number of rotatable bonds is 1. The summed E-state index contributed by atoms with van der Waals surface area (Å²) in [5.41, 5.74) is 1.08. The zero-order valence-corrected chi connectivity index (χ0v) is 8.78. The summed E-state index contributed by atoms with van der Waals surface area (Å²) in [6.07, 6.45) is 1.70. The molecule has 1 rings (SSSR count). The average Bonchev–Trinajstić information content (AvgIpc) is 1.94. The van der Waals surface area contributed by atoms with Gasteiger partial charge in [0.15, 0.2) is 0 Å². The molecule has 11 heavy (non-hydrogen) atoms. The summed E-state index contributed by atoms with van der Waals surface area (Å²) in [7, 11) is 0. The van der Waals surface area contributed by atoms with Gasteiger partial charge in [-0.25, -0.2) is 4.98 Å². The minimum atomic E-state index is 0.424. The normalized spacial score (nSPS) is 10.6. The first-order valence-corrected chi connectivity index (χ1v) is 4.59. The highest BCUT2D eigenvalue weighted by molar-refractivity contribution is 9.10. The highest BCUT2D eigenvalue weighted by Gasteiger charge is 2.05. The number of hydrogen-bond donors (Lipinski definition) is 0. The summed E-state index contributed by atoms with van der Waals surface area (Å²) < 4.78 is 0.977. The zero-order chi connectivity index (χ0) is 8.43. The average molecular weight is 235 g/mol. The van der Waals surface area contributed by atoms with Crippen LogP contribution in [0.2, 0.25) is 5.15 Å². The molecule has 0 aliphatic heterocycles. The Morgan fingerprint density at radius 1 is 1.55 bits per heavy atom. The number of aromatic nitrogens is 1. The van der Waals surface area contributed by atoms with E-state index in [2.05, 4.69) is 34.8 Å². The molecule has 0 N–H and O–H groups in total. The van der Waals surface area contributed by atoms with Crippen LogP contribution in [-0.4, -0.2) is 4.98 Å². The first-order chi connectivity index (χ1) is 5.11. The molecule has 1 aromatic rings. The van der Waals surface area contributed by atoms with Crippen LogP contribution < -0.4 is 0 Å². The molecule has 0 fully saturated rings. The van der Waals surface area contributed by atoms with Crippen LogP contribution in [0.25, 0.3) is 0 Å². The van der Waals surface area contributed by atoms with Crippen molar-refractivity contribution < 1.29 is 0 Å². The first kappa shape index (κ1) is 9.01. The Balaban J connectivity index is 3.13. The Hall–Kier alpha value is -0.0800. The van der Waals surface area contributed by atoms with Crippen LogP contribution in [0, 0.1) is 0 Å². The van der Waals surface area contributed by atoms with E-state index in [9.17, 15) is 0 Å². The number of nitrogens with zero attached hydrogens (tertiary/aromatic N) is 1. The second kappa shape index (κ2) is 3.55. The monoisotopic (exact) mass is 233 g/mol. The van der Waals surface area contributed by atoms with E-state index in [-0.39, 0.29) is 0 Å². The topological polar surface area (TPSA) is 12.9 Å². The molecule has 0 saturated heterocycles. The smallest absolute Gasteiger partial charge is 0.132 e. The molecule has 0 aliphatic rings. The molecule has 0 amide bonds. The summed E-state index contributed by atoms with van der Waals surface area (Å²) in [5.74, 6) is 0.424. The van der Waals surface area contributed by atoms with E-state index in [1.165, 1.54) is 0 Å². The number of halogens is 2. The molecule has 0 bridgehead atoms. The first-order valence-electron chi connectivity index (χ1n) is 3.42. The van der Waals surface area contributed by atoms with Crippen molar-refractivity contribution in [1.82, 2.24) is 4.98 Å². The molecular formula is C8H9BrClN. The van der Waals surface area contributed by atoms with E-state index in [1.54, 1.807) is 6.20 Å². The van der Waals surface area contributed by atoms with Gasteiger partial charge in [0.05, 0.1) is 0 Å². The van der Waals surface area contributed by atoms with E-state index < -0.39 is 0 Å². The van der Waals surface area contributed by atoms with Gasteiger partial charge in [0.1, 0.15) is 5.15 Å². The fourth-order valence-electron chi connectivity index (χ4n) is 0.843. The Morgan fingerprint density at radius 2 is 2.18 bits per heavy atom. The molecule has 0 aromatic carbocycles.